The summed E-state index contributed by atoms with van der Waals surface area (Å²) in [5.74, 6) is 2.52. The van der Waals surface area contributed by atoms with Crippen LogP contribution in [0.2, 0.25) is 0 Å². The molecular weight excluding hydrogens is 250 g/mol. The van der Waals surface area contributed by atoms with Gasteiger partial charge in [-0.05, 0) is 18.9 Å². The highest BCUT2D eigenvalue weighted by atomic mass is 16.5. The van der Waals surface area contributed by atoms with Gasteiger partial charge in [0.2, 0.25) is 5.88 Å². The summed E-state index contributed by atoms with van der Waals surface area (Å²) in [6.45, 7) is 2.60. The second-order valence-corrected chi connectivity index (χ2v) is 5.70. The van der Waals surface area contributed by atoms with E-state index in [4.69, 9.17) is 4.74 Å². The predicted molar refractivity (Wildman–Crippen MR) is 80.0 cm³/mol. The molecule has 0 aromatic carbocycles. The number of nitrogens with zero attached hydrogens (tertiary/aromatic N) is 2. The Labute approximate surface area is 120 Å². The number of aromatic nitrogens is 3. The Morgan fingerprint density at radius 1 is 1.15 bits per heavy atom. The van der Waals surface area contributed by atoms with Crippen LogP contribution in [0.3, 0.4) is 0 Å². The number of fused-ring (bicyclic) bond motifs is 1. The number of hydrogen-bond acceptors (Lipinski definition) is 3. The van der Waals surface area contributed by atoms with E-state index in [1.165, 1.54) is 38.5 Å². The molecule has 1 saturated carbocycles. The third-order valence-corrected chi connectivity index (χ3v) is 4.12. The fraction of sp³-hybridized carbons (Fsp3) is 0.625. The van der Waals surface area contributed by atoms with Gasteiger partial charge in [0.1, 0.15) is 5.82 Å². The first-order valence-electron chi connectivity index (χ1n) is 7.83. The highest BCUT2D eigenvalue weighted by molar-refractivity contribution is 5.71. The number of hydrogen-bond donors (Lipinski definition) is 1. The number of imidazole rings is 1. The summed E-state index contributed by atoms with van der Waals surface area (Å²) in [6.07, 6.45) is 9.28. The van der Waals surface area contributed by atoms with E-state index in [1.54, 1.807) is 0 Å². The van der Waals surface area contributed by atoms with Gasteiger partial charge in [-0.25, -0.2) is 4.98 Å². The third kappa shape index (κ3) is 3.11. The Morgan fingerprint density at radius 3 is 2.70 bits per heavy atom. The number of H-pyrrole nitrogens is 1. The Hall–Kier alpha value is -1.58. The topological polar surface area (TPSA) is 50.8 Å². The molecular formula is C16H23N3O. The van der Waals surface area contributed by atoms with Crippen molar-refractivity contribution in [1.29, 1.82) is 0 Å². The second kappa shape index (κ2) is 6.25. The average molecular weight is 273 g/mol. The molecule has 1 aliphatic rings. The van der Waals surface area contributed by atoms with Crippen LogP contribution in [-0.2, 0) is 6.42 Å². The molecule has 2 heterocycles. The van der Waals surface area contributed by atoms with Crippen LogP contribution in [0.4, 0.5) is 0 Å². The van der Waals surface area contributed by atoms with E-state index in [9.17, 15) is 0 Å². The molecule has 3 rings (SSSR count). The van der Waals surface area contributed by atoms with E-state index in [0.717, 1.165) is 29.3 Å². The second-order valence-electron chi connectivity index (χ2n) is 5.70. The molecule has 0 unspecified atom stereocenters. The van der Waals surface area contributed by atoms with Crippen molar-refractivity contribution in [2.45, 2.75) is 51.9 Å². The minimum absolute atomic E-state index is 0.637. The van der Waals surface area contributed by atoms with E-state index in [0.29, 0.717) is 12.5 Å². The molecule has 4 nitrogen and oxygen atoms in total. The number of nitrogens with one attached hydrogen (secondary N) is 1. The number of ether oxygens (including phenoxy) is 1. The van der Waals surface area contributed by atoms with Gasteiger partial charge in [0, 0.05) is 12.5 Å². The van der Waals surface area contributed by atoms with Crippen LogP contribution in [0.15, 0.2) is 12.1 Å². The van der Waals surface area contributed by atoms with Gasteiger partial charge in [0.05, 0.1) is 12.1 Å². The summed E-state index contributed by atoms with van der Waals surface area (Å²) >= 11 is 0. The number of aromatic amines is 1. The zero-order chi connectivity index (χ0) is 13.8. The maximum Gasteiger partial charge on any atom is 0.215 e. The first kappa shape index (κ1) is 13.4. The molecule has 2 aromatic heterocycles. The lowest BCUT2D eigenvalue weighted by Crippen LogP contribution is -2.04. The lowest BCUT2D eigenvalue weighted by molar-refractivity contribution is 0.328. The lowest BCUT2D eigenvalue weighted by atomic mass is 9.96. The zero-order valence-corrected chi connectivity index (χ0v) is 12.2. The largest absolute Gasteiger partial charge is 0.478 e. The van der Waals surface area contributed by atoms with Crippen LogP contribution in [0.5, 0.6) is 5.88 Å². The Kier molecular flexibility index (Phi) is 4.19. The van der Waals surface area contributed by atoms with Crippen LogP contribution in [-0.4, -0.2) is 21.6 Å². The van der Waals surface area contributed by atoms with Crippen molar-refractivity contribution in [3.63, 3.8) is 0 Å². The fourth-order valence-corrected chi connectivity index (χ4v) is 3.09. The lowest BCUT2D eigenvalue weighted by Gasteiger charge is -2.11. The highest BCUT2D eigenvalue weighted by Crippen LogP contribution is 2.26. The zero-order valence-electron chi connectivity index (χ0n) is 12.2. The van der Waals surface area contributed by atoms with Crippen LogP contribution in [0, 0.1) is 5.92 Å². The Bertz CT molecular complexity index is 556. The normalized spacial score (nSPS) is 17.2. The van der Waals surface area contributed by atoms with Gasteiger partial charge in [-0.15, -0.1) is 0 Å². The monoisotopic (exact) mass is 273 g/mol. The highest BCUT2D eigenvalue weighted by Gasteiger charge is 2.15. The minimum atomic E-state index is 0.637. The third-order valence-electron chi connectivity index (χ3n) is 4.12. The van der Waals surface area contributed by atoms with Gasteiger partial charge in [-0.2, -0.15) is 4.98 Å². The maximum atomic E-state index is 5.42. The number of pyridine rings is 1. The molecule has 1 fully saturated rings. The molecule has 2 aromatic rings. The summed E-state index contributed by atoms with van der Waals surface area (Å²) in [6, 6.07) is 3.91. The van der Waals surface area contributed by atoms with Crippen molar-refractivity contribution < 1.29 is 4.74 Å². The quantitative estimate of drug-likeness (QED) is 0.860. The molecule has 1 aliphatic carbocycles. The van der Waals surface area contributed by atoms with Crippen molar-refractivity contribution in [2.75, 3.05) is 6.61 Å². The first-order valence-corrected chi connectivity index (χ1v) is 7.83. The van der Waals surface area contributed by atoms with E-state index in [2.05, 4.69) is 15.0 Å². The maximum absolute atomic E-state index is 5.42. The van der Waals surface area contributed by atoms with Gasteiger partial charge in [0.15, 0.2) is 5.65 Å². The molecule has 0 atom stereocenters. The summed E-state index contributed by atoms with van der Waals surface area (Å²) in [5.41, 5.74) is 1.79. The van der Waals surface area contributed by atoms with Gasteiger partial charge in [0.25, 0.3) is 0 Å². The summed E-state index contributed by atoms with van der Waals surface area (Å²) in [5, 5.41) is 0. The first-order chi connectivity index (χ1) is 9.85. The molecule has 20 heavy (non-hydrogen) atoms. The Balaban J connectivity index is 1.74. The van der Waals surface area contributed by atoms with Crippen LogP contribution in [0.25, 0.3) is 11.2 Å². The molecule has 0 radical (unpaired) electrons. The molecule has 0 aliphatic heterocycles. The fourth-order valence-electron chi connectivity index (χ4n) is 3.09. The Morgan fingerprint density at radius 2 is 1.95 bits per heavy atom. The average Bonchev–Trinajstić information content (AvgIpc) is 2.65. The van der Waals surface area contributed by atoms with Crippen molar-refractivity contribution >= 4 is 11.2 Å². The van der Waals surface area contributed by atoms with Crippen LogP contribution in [0.1, 0.15) is 51.3 Å². The number of rotatable bonds is 4. The van der Waals surface area contributed by atoms with Gasteiger partial charge < -0.3 is 9.72 Å². The van der Waals surface area contributed by atoms with E-state index >= 15 is 0 Å². The summed E-state index contributed by atoms with van der Waals surface area (Å²) in [7, 11) is 0. The van der Waals surface area contributed by atoms with E-state index in [1.807, 2.05) is 19.1 Å². The standard InChI is InChI=1S/C16H23N3O/c1-2-20-15-10-9-13-16(19-15)18-14(17-13)11-12-7-5-3-4-6-8-12/h9-10,12H,2-8,11H2,1H3,(H,17,18,19). The van der Waals surface area contributed by atoms with Gasteiger partial charge in [-0.1, -0.05) is 38.5 Å². The molecule has 0 spiro atoms. The smallest absolute Gasteiger partial charge is 0.215 e. The molecule has 0 saturated heterocycles. The van der Waals surface area contributed by atoms with Crippen molar-refractivity contribution in [3.8, 4) is 5.88 Å². The predicted octanol–water partition coefficient (Wildman–Crippen LogP) is 3.87. The minimum Gasteiger partial charge on any atom is -0.478 e. The summed E-state index contributed by atoms with van der Waals surface area (Å²) < 4.78 is 5.42. The van der Waals surface area contributed by atoms with E-state index in [-0.39, 0.29) is 0 Å². The van der Waals surface area contributed by atoms with Gasteiger partial charge in [-0.3, -0.25) is 0 Å². The van der Waals surface area contributed by atoms with Crippen LogP contribution >= 0.6 is 0 Å². The van der Waals surface area contributed by atoms with E-state index < -0.39 is 0 Å². The molecule has 1 N–H and O–H groups in total. The SMILES string of the molecule is CCOc1ccc2[nH]c(CC3CCCCCC3)nc2n1. The van der Waals surface area contributed by atoms with Crippen LogP contribution < -0.4 is 4.74 Å². The van der Waals surface area contributed by atoms with Crippen molar-refractivity contribution in [1.82, 2.24) is 15.0 Å². The molecule has 0 amide bonds. The van der Waals surface area contributed by atoms with Gasteiger partial charge >= 0.3 is 0 Å². The molecule has 0 bridgehead atoms. The molecule has 4 heteroatoms. The van der Waals surface area contributed by atoms with Crippen molar-refractivity contribution in [2.24, 2.45) is 5.92 Å². The van der Waals surface area contributed by atoms with Crippen molar-refractivity contribution in [3.05, 3.63) is 18.0 Å². The summed E-state index contributed by atoms with van der Waals surface area (Å²) in [4.78, 5) is 12.5. The molecule has 108 valence electrons.